The second kappa shape index (κ2) is 6.67. The predicted molar refractivity (Wildman–Crippen MR) is 86.2 cm³/mol. The van der Waals surface area contributed by atoms with Gasteiger partial charge in [0.15, 0.2) is 0 Å². The topological polar surface area (TPSA) is 15.7 Å². The Morgan fingerprint density at radius 2 is 1.52 bits per heavy atom. The summed E-state index contributed by atoms with van der Waals surface area (Å²) in [7, 11) is 0. The predicted octanol–water partition coefficient (Wildman–Crippen LogP) is 3.01. The molecule has 6 heteroatoms. The third-order valence-corrected chi connectivity index (χ3v) is 6.26. The van der Waals surface area contributed by atoms with E-state index >= 15 is 0 Å². The summed E-state index contributed by atoms with van der Waals surface area (Å²) in [5.74, 6) is 0.364. The van der Waals surface area contributed by atoms with E-state index in [9.17, 15) is 8.78 Å². The van der Waals surface area contributed by atoms with Crippen molar-refractivity contribution in [2.75, 3.05) is 39.4 Å². The summed E-state index contributed by atoms with van der Waals surface area (Å²) < 4.78 is 34.3. The van der Waals surface area contributed by atoms with Crippen LogP contribution in [0.4, 0.5) is 8.78 Å². The van der Waals surface area contributed by atoms with Gasteiger partial charge in [0, 0.05) is 56.4 Å². The van der Waals surface area contributed by atoms with Crippen LogP contribution in [0.15, 0.2) is 23.1 Å². The molecule has 1 aromatic carbocycles. The van der Waals surface area contributed by atoms with E-state index in [0.717, 1.165) is 58.3 Å². The van der Waals surface area contributed by atoms with Crippen LogP contribution in [0.1, 0.15) is 12.8 Å². The second-order valence-corrected chi connectivity index (χ2v) is 8.03. The molecular weight excluding hydrogens is 318 g/mol. The average molecular weight is 340 g/mol. The van der Waals surface area contributed by atoms with Crippen molar-refractivity contribution in [1.29, 1.82) is 0 Å². The molecule has 0 spiro atoms. The zero-order chi connectivity index (χ0) is 15.8. The highest BCUT2D eigenvalue weighted by atomic mass is 32.2. The summed E-state index contributed by atoms with van der Waals surface area (Å²) in [4.78, 5) is 3.30. The highest BCUT2D eigenvalue weighted by molar-refractivity contribution is 7.97. The first-order valence-corrected chi connectivity index (χ1v) is 9.15. The largest absolute Gasteiger partial charge is 0.381 e. The van der Waals surface area contributed by atoms with Crippen molar-refractivity contribution >= 4 is 11.9 Å². The minimum Gasteiger partial charge on any atom is -0.381 e. The molecule has 0 aliphatic carbocycles. The molecule has 0 radical (unpaired) electrons. The van der Waals surface area contributed by atoms with Crippen molar-refractivity contribution in [2.45, 2.75) is 23.8 Å². The molecule has 0 amide bonds. The van der Waals surface area contributed by atoms with E-state index in [1.165, 1.54) is 24.1 Å². The van der Waals surface area contributed by atoms with Crippen molar-refractivity contribution in [3.05, 3.63) is 29.8 Å². The number of nitrogens with zero attached hydrogens (tertiary/aromatic N) is 2. The van der Waals surface area contributed by atoms with Crippen LogP contribution >= 0.6 is 11.9 Å². The minimum atomic E-state index is -0.502. The molecule has 0 saturated carbocycles. The number of benzene rings is 1. The van der Waals surface area contributed by atoms with Gasteiger partial charge < -0.3 is 4.74 Å². The summed E-state index contributed by atoms with van der Waals surface area (Å²) >= 11 is 1.49. The third kappa shape index (κ3) is 3.55. The highest BCUT2D eigenvalue weighted by Gasteiger charge is 2.42. The van der Waals surface area contributed by atoms with Gasteiger partial charge in [-0.1, -0.05) is 0 Å². The maximum atomic E-state index is 13.3. The van der Waals surface area contributed by atoms with Gasteiger partial charge in [-0.05, 0) is 48.8 Å². The molecule has 4 rings (SSSR count). The van der Waals surface area contributed by atoms with Gasteiger partial charge >= 0.3 is 0 Å². The fourth-order valence-corrected chi connectivity index (χ4v) is 5.30. The molecule has 3 aliphatic heterocycles. The Morgan fingerprint density at radius 3 is 2.13 bits per heavy atom. The van der Waals surface area contributed by atoms with E-state index in [4.69, 9.17) is 4.74 Å². The summed E-state index contributed by atoms with van der Waals surface area (Å²) in [5.41, 5.74) is 0. The lowest BCUT2D eigenvalue weighted by Crippen LogP contribution is -2.39. The van der Waals surface area contributed by atoms with Crippen LogP contribution in [0.3, 0.4) is 0 Å². The SMILES string of the molecule is Fc1cc(F)cc(SN2CC3CN(C4CCOCC4)CC3C2)c1. The Kier molecular flexibility index (Phi) is 4.58. The molecule has 3 heterocycles. The van der Waals surface area contributed by atoms with Crippen LogP contribution in [0.2, 0.25) is 0 Å². The second-order valence-electron chi connectivity index (χ2n) is 6.86. The lowest BCUT2D eigenvalue weighted by Gasteiger charge is -2.32. The minimum absolute atomic E-state index is 0.502. The fourth-order valence-electron chi connectivity index (χ4n) is 4.14. The molecule has 2 unspecified atom stereocenters. The number of ether oxygens (including phenoxy) is 1. The fraction of sp³-hybridized carbons (Fsp3) is 0.647. The van der Waals surface area contributed by atoms with Gasteiger partial charge in [-0.15, -0.1) is 0 Å². The first-order chi connectivity index (χ1) is 11.2. The third-order valence-electron chi connectivity index (χ3n) is 5.26. The number of fused-ring (bicyclic) bond motifs is 1. The van der Waals surface area contributed by atoms with Crippen molar-refractivity contribution in [1.82, 2.24) is 9.21 Å². The summed E-state index contributed by atoms with van der Waals surface area (Å²) in [6, 6.07) is 4.44. The summed E-state index contributed by atoms with van der Waals surface area (Å²) in [6.07, 6.45) is 2.31. The van der Waals surface area contributed by atoms with Crippen LogP contribution in [-0.4, -0.2) is 54.6 Å². The molecule has 0 bridgehead atoms. The maximum Gasteiger partial charge on any atom is 0.127 e. The van der Waals surface area contributed by atoms with Crippen molar-refractivity contribution in [2.24, 2.45) is 11.8 Å². The number of halogens is 2. The van der Waals surface area contributed by atoms with Crippen LogP contribution in [0.5, 0.6) is 0 Å². The lowest BCUT2D eigenvalue weighted by atomic mass is 10.0. The number of rotatable bonds is 3. The van der Waals surface area contributed by atoms with Crippen LogP contribution in [0, 0.1) is 23.5 Å². The van der Waals surface area contributed by atoms with E-state index < -0.39 is 11.6 Å². The Balaban J connectivity index is 1.33. The highest BCUT2D eigenvalue weighted by Crippen LogP contribution is 2.38. The Bertz CT molecular complexity index is 533. The monoisotopic (exact) mass is 340 g/mol. The smallest absolute Gasteiger partial charge is 0.127 e. The number of likely N-dealkylation sites (tertiary alicyclic amines) is 1. The van der Waals surface area contributed by atoms with E-state index in [1.54, 1.807) is 0 Å². The molecule has 3 aliphatic rings. The van der Waals surface area contributed by atoms with Gasteiger partial charge in [0.1, 0.15) is 11.6 Å². The van der Waals surface area contributed by atoms with Gasteiger partial charge in [-0.2, -0.15) is 0 Å². The molecule has 3 fully saturated rings. The number of hydrogen-bond donors (Lipinski definition) is 0. The molecule has 0 aromatic heterocycles. The molecule has 3 saturated heterocycles. The molecule has 1 aromatic rings. The van der Waals surface area contributed by atoms with Crippen LogP contribution < -0.4 is 0 Å². The van der Waals surface area contributed by atoms with Crippen molar-refractivity contribution < 1.29 is 13.5 Å². The van der Waals surface area contributed by atoms with E-state index in [1.807, 2.05) is 0 Å². The van der Waals surface area contributed by atoms with Gasteiger partial charge in [-0.3, -0.25) is 4.90 Å². The first kappa shape index (κ1) is 15.8. The van der Waals surface area contributed by atoms with Gasteiger partial charge in [0.05, 0.1) is 0 Å². The standard InChI is InChI=1S/C17H22F2N2OS/c18-14-5-15(19)7-17(6-14)23-21-10-12-8-20(9-13(12)11-21)16-1-3-22-4-2-16/h5-7,12-13,16H,1-4,8-11H2. The van der Waals surface area contributed by atoms with Crippen molar-refractivity contribution in [3.8, 4) is 0 Å². The van der Waals surface area contributed by atoms with Gasteiger partial charge in [0.2, 0.25) is 0 Å². The summed E-state index contributed by atoms with van der Waals surface area (Å²) in [6.45, 7) is 6.11. The normalized spacial score (nSPS) is 30.0. The lowest BCUT2D eigenvalue weighted by molar-refractivity contribution is 0.0394. The van der Waals surface area contributed by atoms with Gasteiger partial charge in [-0.25, -0.2) is 13.1 Å². The average Bonchev–Trinajstić information content (AvgIpc) is 3.05. The first-order valence-electron chi connectivity index (χ1n) is 8.38. The molecular formula is C17H22F2N2OS. The van der Waals surface area contributed by atoms with E-state index in [-0.39, 0.29) is 0 Å². The molecule has 23 heavy (non-hydrogen) atoms. The Hall–Kier alpha value is -0.690. The van der Waals surface area contributed by atoms with Crippen molar-refractivity contribution in [3.63, 3.8) is 0 Å². The van der Waals surface area contributed by atoms with Crippen LogP contribution in [-0.2, 0) is 4.74 Å². The van der Waals surface area contributed by atoms with Crippen LogP contribution in [0.25, 0.3) is 0 Å². The molecule has 2 atom stereocenters. The van der Waals surface area contributed by atoms with E-state index in [2.05, 4.69) is 9.21 Å². The molecule has 3 nitrogen and oxygen atoms in total. The Morgan fingerprint density at radius 1 is 0.913 bits per heavy atom. The quantitative estimate of drug-likeness (QED) is 0.786. The maximum absolute atomic E-state index is 13.3. The summed E-state index contributed by atoms with van der Waals surface area (Å²) in [5, 5.41) is 0. The zero-order valence-electron chi connectivity index (χ0n) is 13.1. The number of hydrogen-bond acceptors (Lipinski definition) is 4. The Labute approximate surface area is 140 Å². The van der Waals surface area contributed by atoms with E-state index in [0.29, 0.717) is 22.8 Å². The molecule has 0 N–H and O–H groups in total. The van der Waals surface area contributed by atoms with Gasteiger partial charge in [0.25, 0.3) is 0 Å². The molecule has 126 valence electrons. The zero-order valence-corrected chi connectivity index (χ0v) is 13.9.